The van der Waals surface area contributed by atoms with Gasteiger partial charge in [0.15, 0.2) is 0 Å². The first-order valence-electron chi connectivity index (χ1n) is 7.38. The zero-order valence-electron chi connectivity index (χ0n) is 11.6. The topological polar surface area (TPSA) is 30.5 Å². The molecule has 3 rings (SSSR count). The van der Waals surface area contributed by atoms with Gasteiger partial charge in [-0.15, -0.1) is 0 Å². The van der Waals surface area contributed by atoms with Crippen molar-refractivity contribution in [3.8, 4) is 0 Å². The quantitative estimate of drug-likeness (QED) is 0.798. The predicted molar refractivity (Wildman–Crippen MR) is 74.5 cm³/mol. The summed E-state index contributed by atoms with van der Waals surface area (Å²) in [7, 11) is 0. The van der Waals surface area contributed by atoms with Crippen LogP contribution in [0.25, 0.3) is 0 Å². The van der Waals surface area contributed by atoms with Gasteiger partial charge in [-0.05, 0) is 31.7 Å². The van der Waals surface area contributed by atoms with Gasteiger partial charge in [0.25, 0.3) is 0 Å². The maximum Gasteiger partial charge on any atom is 0.0933 e. The summed E-state index contributed by atoms with van der Waals surface area (Å²) >= 11 is 0. The molecule has 1 N–H and O–H groups in total. The Bertz CT molecular complexity index is 402. The van der Waals surface area contributed by atoms with Gasteiger partial charge in [-0.3, -0.25) is 4.84 Å². The largest absolute Gasteiger partial charge is 0.378 e. The summed E-state index contributed by atoms with van der Waals surface area (Å²) in [4.78, 5) is 5.68. The first-order valence-corrected chi connectivity index (χ1v) is 7.38. The normalized spacial score (nSPS) is 27.8. The zero-order valence-corrected chi connectivity index (χ0v) is 11.6. The minimum Gasteiger partial charge on any atom is -0.378 e. The van der Waals surface area contributed by atoms with Gasteiger partial charge >= 0.3 is 0 Å². The second-order valence-corrected chi connectivity index (χ2v) is 5.71. The predicted octanol–water partition coefficient (Wildman–Crippen LogP) is 3.06. The number of nitrogens with one attached hydrogen (secondary N) is 1. The van der Waals surface area contributed by atoms with Crippen LogP contribution in [0.5, 0.6) is 0 Å². The highest BCUT2D eigenvalue weighted by Gasteiger charge is 2.59. The van der Waals surface area contributed by atoms with Crippen molar-refractivity contribution in [1.29, 1.82) is 0 Å². The van der Waals surface area contributed by atoms with Crippen LogP contribution < -0.4 is 5.48 Å². The molecular weight excluding hydrogens is 238 g/mol. The molecule has 0 radical (unpaired) electrons. The molecular formula is C16H23NO2. The van der Waals surface area contributed by atoms with E-state index in [0.29, 0.717) is 24.2 Å². The highest BCUT2D eigenvalue weighted by Crippen LogP contribution is 2.57. The standard InChI is InChI=1S/C16H23NO2/c1-2-18-15-11-14(16(15)9-6-10-16)17-19-12-13-7-4-3-5-8-13/h3-5,7-8,14-15,17H,2,6,9-12H2,1H3. The first kappa shape index (κ1) is 13.1. The Morgan fingerprint density at radius 1 is 1.26 bits per heavy atom. The molecule has 2 aliphatic rings. The van der Waals surface area contributed by atoms with E-state index in [1.807, 2.05) is 18.2 Å². The highest BCUT2D eigenvalue weighted by molar-refractivity contribution is 5.14. The molecule has 3 nitrogen and oxygen atoms in total. The molecule has 0 saturated heterocycles. The summed E-state index contributed by atoms with van der Waals surface area (Å²) in [6.45, 7) is 3.54. The van der Waals surface area contributed by atoms with Crippen LogP contribution in [0, 0.1) is 5.41 Å². The number of hydrogen-bond acceptors (Lipinski definition) is 3. The maximum absolute atomic E-state index is 5.83. The molecule has 0 amide bonds. The van der Waals surface area contributed by atoms with Gasteiger partial charge in [0.1, 0.15) is 0 Å². The summed E-state index contributed by atoms with van der Waals surface area (Å²) in [6.07, 6.45) is 5.43. The van der Waals surface area contributed by atoms with Crippen molar-refractivity contribution in [1.82, 2.24) is 5.48 Å². The van der Waals surface area contributed by atoms with Gasteiger partial charge in [-0.1, -0.05) is 36.8 Å². The van der Waals surface area contributed by atoms with E-state index in [4.69, 9.17) is 9.57 Å². The summed E-state index contributed by atoms with van der Waals surface area (Å²) < 4.78 is 5.83. The van der Waals surface area contributed by atoms with Crippen molar-refractivity contribution in [2.75, 3.05) is 6.61 Å². The average molecular weight is 261 g/mol. The van der Waals surface area contributed by atoms with Crippen molar-refractivity contribution < 1.29 is 9.57 Å². The molecule has 2 fully saturated rings. The number of ether oxygens (including phenoxy) is 1. The van der Waals surface area contributed by atoms with Crippen LogP contribution in [0.15, 0.2) is 30.3 Å². The average Bonchev–Trinajstić information content (AvgIpc) is 2.36. The lowest BCUT2D eigenvalue weighted by molar-refractivity contribution is -0.205. The second kappa shape index (κ2) is 5.61. The van der Waals surface area contributed by atoms with E-state index in [0.717, 1.165) is 13.0 Å². The third kappa shape index (κ3) is 2.42. The Morgan fingerprint density at radius 3 is 2.68 bits per heavy atom. The van der Waals surface area contributed by atoms with Crippen LogP contribution >= 0.6 is 0 Å². The van der Waals surface area contributed by atoms with Crippen LogP contribution in [0.4, 0.5) is 0 Å². The summed E-state index contributed by atoms with van der Waals surface area (Å²) in [5.41, 5.74) is 4.84. The van der Waals surface area contributed by atoms with Gasteiger partial charge in [0, 0.05) is 18.1 Å². The Balaban J connectivity index is 1.46. The van der Waals surface area contributed by atoms with Crippen LogP contribution in [0.3, 0.4) is 0 Å². The van der Waals surface area contributed by atoms with Gasteiger partial charge in [-0.25, -0.2) is 0 Å². The fourth-order valence-electron chi connectivity index (χ4n) is 3.40. The molecule has 3 heteroatoms. The molecule has 1 aromatic rings. The Hall–Kier alpha value is -0.900. The molecule has 2 aliphatic carbocycles. The van der Waals surface area contributed by atoms with Crippen molar-refractivity contribution >= 4 is 0 Å². The Morgan fingerprint density at radius 2 is 2.05 bits per heavy atom. The van der Waals surface area contributed by atoms with Crippen molar-refractivity contribution in [3.05, 3.63) is 35.9 Å². The molecule has 1 aromatic carbocycles. The minimum absolute atomic E-state index is 0.368. The van der Waals surface area contributed by atoms with E-state index in [1.54, 1.807) is 0 Å². The van der Waals surface area contributed by atoms with E-state index in [9.17, 15) is 0 Å². The van der Waals surface area contributed by atoms with Gasteiger partial charge in [-0.2, -0.15) is 5.48 Å². The third-order valence-electron chi connectivity index (χ3n) is 4.74. The number of benzene rings is 1. The van der Waals surface area contributed by atoms with E-state index >= 15 is 0 Å². The lowest BCUT2D eigenvalue weighted by Gasteiger charge is -2.60. The first-order chi connectivity index (χ1) is 9.35. The van der Waals surface area contributed by atoms with Crippen LogP contribution in [0.2, 0.25) is 0 Å². The minimum atomic E-state index is 0.368. The van der Waals surface area contributed by atoms with Crippen LogP contribution in [0.1, 0.15) is 38.2 Å². The molecule has 0 aromatic heterocycles. The smallest absolute Gasteiger partial charge is 0.0933 e. The molecule has 104 valence electrons. The Kier molecular flexibility index (Phi) is 3.87. The lowest BCUT2D eigenvalue weighted by Crippen LogP contribution is -2.66. The monoisotopic (exact) mass is 261 g/mol. The molecule has 0 bridgehead atoms. The summed E-state index contributed by atoms with van der Waals surface area (Å²) in [6, 6.07) is 10.8. The summed E-state index contributed by atoms with van der Waals surface area (Å²) in [5.74, 6) is 0. The molecule has 2 unspecified atom stereocenters. The van der Waals surface area contributed by atoms with E-state index in [2.05, 4.69) is 24.5 Å². The lowest BCUT2D eigenvalue weighted by atomic mass is 9.51. The number of hydrogen-bond donors (Lipinski definition) is 1. The van der Waals surface area contributed by atoms with Gasteiger partial charge < -0.3 is 4.74 Å². The number of rotatable bonds is 6. The van der Waals surface area contributed by atoms with E-state index < -0.39 is 0 Å². The zero-order chi connectivity index (χ0) is 13.1. The molecule has 2 atom stereocenters. The molecule has 0 aliphatic heterocycles. The van der Waals surface area contributed by atoms with Gasteiger partial charge in [0.05, 0.1) is 12.7 Å². The molecule has 0 heterocycles. The summed E-state index contributed by atoms with van der Waals surface area (Å²) in [5, 5.41) is 0. The van der Waals surface area contributed by atoms with Crippen molar-refractivity contribution in [2.24, 2.45) is 5.41 Å². The van der Waals surface area contributed by atoms with Crippen LogP contribution in [-0.4, -0.2) is 18.8 Å². The number of hydroxylamine groups is 1. The van der Waals surface area contributed by atoms with E-state index in [-0.39, 0.29) is 0 Å². The Labute approximate surface area is 115 Å². The maximum atomic E-state index is 5.83. The molecule has 1 spiro atoms. The van der Waals surface area contributed by atoms with E-state index in [1.165, 1.54) is 24.8 Å². The van der Waals surface area contributed by atoms with Crippen LogP contribution in [-0.2, 0) is 16.2 Å². The highest BCUT2D eigenvalue weighted by atomic mass is 16.6. The fourth-order valence-corrected chi connectivity index (χ4v) is 3.40. The van der Waals surface area contributed by atoms with Crippen molar-refractivity contribution in [3.63, 3.8) is 0 Å². The molecule has 2 saturated carbocycles. The second-order valence-electron chi connectivity index (χ2n) is 5.71. The fraction of sp³-hybridized carbons (Fsp3) is 0.625. The third-order valence-corrected chi connectivity index (χ3v) is 4.74. The van der Waals surface area contributed by atoms with Crippen molar-refractivity contribution in [2.45, 2.75) is 51.4 Å². The SMILES string of the molecule is CCOC1CC(NOCc2ccccc2)C12CCC2. The molecule has 19 heavy (non-hydrogen) atoms. The van der Waals surface area contributed by atoms with Gasteiger partial charge in [0.2, 0.25) is 0 Å².